The minimum atomic E-state index is -1.23. The van der Waals surface area contributed by atoms with Crippen LogP contribution in [-0.2, 0) is 11.2 Å². The predicted molar refractivity (Wildman–Crippen MR) is 100 cm³/mol. The van der Waals surface area contributed by atoms with E-state index in [0.717, 1.165) is 5.56 Å². The van der Waals surface area contributed by atoms with Gasteiger partial charge in [0.25, 0.3) is 0 Å². The van der Waals surface area contributed by atoms with Crippen LogP contribution in [0, 0.1) is 5.82 Å². The summed E-state index contributed by atoms with van der Waals surface area (Å²) in [5, 5.41) is 11.4. The van der Waals surface area contributed by atoms with Crippen LogP contribution >= 0.6 is 0 Å². The Morgan fingerprint density at radius 2 is 1.63 bits per heavy atom. The first-order valence-corrected chi connectivity index (χ1v) is 8.86. The van der Waals surface area contributed by atoms with Gasteiger partial charge in [-0.2, -0.15) is 0 Å². The number of benzene rings is 2. The van der Waals surface area contributed by atoms with Gasteiger partial charge in [0.2, 0.25) is 5.91 Å². The van der Waals surface area contributed by atoms with Crippen LogP contribution in [0.1, 0.15) is 5.56 Å². The van der Waals surface area contributed by atoms with Crippen molar-refractivity contribution < 1.29 is 19.1 Å². The molecule has 1 aliphatic heterocycles. The molecule has 1 aliphatic rings. The minimum absolute atomic E-state index is 0.255. The maximum absolute atomic E-state index is 13.9. The molecule has 0 radical (unpaired) electrons. The molecule has 0 spiro atoms. The first kappa shape index (κ1) is 18.7. The minimum Gasteiger partial charge on any atom is -0.465 e. The Bertz CT molecular complexity index is 792. The molecular formula is C20H22FN3O3. The van der Waals surface area contributed by atoms with Gasteiger partial charge < -0.3 is 20.2 Å². The van der Waals surface area contributed by atoms with E-state index in [1.54, 1.807) is 23.1 Å². The van der Waals surface area contributed by atoms with Crippen molar-refractivity contribution in [1.82, 2.24) is 10.2 Å². The Kier molecular flexibility index (Phi) is 5.90. The van der Waals surface area contributed by atoms with Crippen LogP contribution in [-0.4, -0.2) is 54.2 Å². The molecule has 2 aromatic rings. The van der Waals surface area contributed by atoms with Crippen molar-refractivity contribution in [3.63, 3.8) is 0 Å². The smallest absolute Gasteiger partial charge is 0.405 e. The third-order valence-corrected chi connectivity index (χ3v) is 4.66. The average molecular weight is 371 g/mol. The molecule has 0 bridgehead atoms. The van der Waals surface area contributed by atoms with Crippen LogP contribution in [0.25, 0.3) is 0 Å². The van der Waals surface area contributed by atoms with Crippen molar-refractivity contribution in [2.24, 2.45) is 0 Å². The van der Waals surface area contributed by atoms with Gasteiger partial charge >= 0.3 is 6.09 Å². The highest BCUT2D eigenvalue weighted by molar-refractivity contribution is 5.86. The molecule has 2 N–H and O–H groups in total. The fourth-order valence-electron chi connectivity index (χ4n) is 3.30. The third-order valence-electron chi connectivity index (χ3n) is 4.66. The lowest BCUT2D eigenvalue weighted by Gasteiger charge is -2.37. The number of nitrogens with one attached hydrogen (secondary N) is 1. The van der Waals surface area contributed by atoms with E-state index in [-0.39, 0.29) is 11.7 Å². The Balaban J connectivity index is 1.65. The number of rotatable bonds is 5. The number of amides is 2. The van der Waals surface area contributed by atoms with Gasteiger partial charge in [0.1, 0.15) is 11.9 Å². The highest BCUT2D eigenvalue weighted by Crippen LogP contribution is 2.20. The molecule has 0 saturated carbocycles. The van der Waals surface area contributed by atoms with Gasteiger partial charge in [-0.3, -0.25) is 4.79 Å². The number of halogens is 1. The van der Waals surface area contributed by atoms with E-state index >= 15 is 0 Å². The maximum atomic E-state index is 13.9. The predicted octanol–water partition coefficient (Wildman–Crippen LogP) is 2.35. The normalized spacial score (nSPS) is 15.3. The molecule has 1 unspecified atom stereocenters. The van der Waals surface area contributed by atoms with Crippen molar-refractivity contribution in [1.29, 1.82) is 0 Å². The molecular weight excluding hydrogens is 349 g/mol. The number of hydrogen-bond donors (Lipinski definition) is 2. The molecule has 27 heavy (non-hydrogen) atoms. The van der Waals surface area contributed by atoms with E-state index in [4.69, 9.17) is 5.11 Å². The van der Waals surface area contributed by atoms with Crippen molar-refractivity contribution >= 4 is 17.7 Å². The number of nitrogens with zero attached hydrogens (tertiary/aromatic N) is 2. The van der Waals surface area contributed by atoms with Crippen LogP contribution in [0.15, 0.2) is 54.6 Å². The van der Waals surface area contributed by atoms with Crippen LogP contribution in [0.5, 0.6) is 0 Å². The number of piperazine rings is 1. The summed E-state index contributed by atoms with van der Waals surface area (Å²) in [6.45, 7) is 1.83. The van der Waals surface area contributed by atoms with Gasteiger partial charge in [0.15, 0.2) is 0 Å². The zero-order valence-electron chi connectivity index (χ0n) is 14.8. The second-order valence-corrected chi connectivity index (χ2v) is 6.46. The van der Waals surface area contributed by atoms with Crippen LogP contribution in [0.4, 0.5) is 14.9 Å². The second kappa shape index (κ2) is 8.53. The van der Waals surface area contributed by atoms with E-state index in [0.29, 0.717) is 38.3 Å². The number of para-hydroxylation sites is 1. The molecule has 7 heteroatoms. The zero-order chi connectivity index (χ0) is 19.2. The Morgan fingerprint density at radius 1 is 1.00 bits per heavy atom. The Morgan fingerprint density at radius 3 is 2.26 bits per heavy atom. The Hall–Kier alpha value is -3.09. The van der Waals surface area contributed by atoms with Gasteiger partial charge in [-0.25, -0.2) is 9.18 Å². The van der Waals surface area contributed by atoms with Crippen LogP contribution < -0.4 is 10.2 Å². The monoisotopic (exact) mass is 371 g/mol. The highest BCUT2D eigenvalue weighted by atomic mass is 19.1. The standard InChI is InChI=1S/C20H22FN3O3/c21-16-8-4-5-9-18(16)23-10-12-24(13-11-23)19(25)17(22-20(26)27)14-15-6-2-1-3-7-15/h1-9,17,22H,10-14H2,(H,26,27). The van der Waals surface area contributed by atoms with Crippen molar-refractivity contribution in [2.45, 2.75) is 12.5 Å². The van der Waals surface area contributed by atoms with Crippen LogP contribution in [0.2, 0.25) is 0 Å². The first-order chi connectivity index (χ1) is 13.0. The number of hydrogen-bond acceptors (Lipinski definition) is 3. The molecule has 2 aromatic carbocycles. The van der Waals surface area contributed by atoms with Crippen molar-refractivity contribution in [3.8, 4) is 0 Å². The zero-order valence-corrected chi connectivity index (χ0v) is 14.8. The van der Waals surface area contributed by atoms with Gasteiger partial charge in [-0.15, -0.1) is 0 Å². The van der Waals surface area contributed by atoms with Crippen LogP contribution in [0.3, 0.4) is 0 Å². The fourth-order valence-corrected chi connectivity index (χ4v) is 3.30. The van der Waals surface area contributed by atoms with Gasteiger partial charge in [-0.1, -0.05) is 42.5 Å². The Labute approximate surface area is 157 Å². The summed E-state index contributed by atoms with van der Waals surface area (Å²) < 4.78 is 13.9. The van der Waals surface area contributed by atoms with Gasteiger partial charge in [0.05, 0.1) is 5.69 Å². The van der Waals surface area contributed by atoms with Crippen molar-refractivity contribution in [2.75, 3.05) is 31.1 Å². The molecule has 6 nitrogen and oxygen atoms in total. The molecule has 1 atom stereocenters. The first-order valence-electron chi connectivity index (χ1n) is 8.86. The van der Waals surface area contributed by atoms with Gasteiger partial charge in [-0.05, 0) is 17.7 Å². The maximum Gasteiger partial charge on any atom is 0.405 e. The second-order valence-electron chi connectivity index (χ2n) is 6.46. The lowest BCUT2D eigenvalue weighted by Crippen LogP contribution is -2.55. The summed E-state index contributed by atoms with van der Waals surface area (Å²) in [5.74, 6) is -0.541. The summed E-state index contributed by atoms with van der Waals surface area (Å²) in [5.41, 5.74) is 1.41. The van der Waals surface area contributed by atoms with E-state index < -0.39 is 12.1 Å². The number of carbonyl (C=O) groups excluding carboxylic acids is 1. The van der Waals surface area contributed by atoms with Crippen molar-refractivity contribution in [3.05, 3.63) is 66.0 Å². The summed E-state index contributed by atoms with van der Waals surface area (Å²) in [4.78, 5) is 27.5. The quantitative estimate of drug-likeness (QED) is 0.846. The number of carboxylic acid groups (broad SMARTS) is 1. The molecule has 3 rings (SSSR count). The molecule has 2 amide bonds. The summed E-state index contributed by atoms with van der Waals surface area (Å²) in [6.07, 6.45) is -0.936. The third kappa shape index (κ3) is 4.75. The molecule has 0 aliphatic carbocycles. The van der Waals surface area contributed by atoms with E-state index in [1.165, 1.54) is 6.07 Å². The lowest BCUT2D eigenvalue weighted by molar-refractivity contribution is -0.133. The molecule has 1 fully saturated rings. The number of anilines is 1. The van der Waals surface area contributed by atoms with E-state index in [2.05, 4.69) is 5.32 Å². The SMILES string of the molecule is O=C(O)NC(Cc1ccccc1)C(=O)N1CCN(c2ccccc2F)CC1. The summed E-state index contributed by atoms with van der Waals surface area (Å²) in [7, 11) is 0. The summed E-state index contributed by atoms with van der Waals surface area (Å²) in [6, 6.07) is 15.0. The highest BCUT2D eigenvalue weighted by Gasteiger charge is 2.29. The average Bonchev–Trinajstić information content (AvgIpc) is 2.68. The topological polar surface area (TPSA) is 72.9 Å². The molecule has 142 valence electrons. The lowest BCUT2D eigenvalue weighted by atomic mass is 10.0. The fraction of sp³-hybridized carbons (Fsp3) is 0.300. The summed E-state index contributed by atoms with van der Waals surface area (Å²) >= 11 is 0. The van der Waals surface area contributed by atoms with Gasteiger partial charge in [0, 0.05) is 32.6 Å². The molecule has 0 aromatic heterocycles. The molecule has 1 saturated heterocycles. The number of carbonyl (C=O) groups is 2. The molecule has 1 heterocycles. The van der Waals surface area contributed by atoms with E-state index in [1.807, 2.05) is 35.2 Å². The largest absolute Gasteiger partial charge is 0.465 e. The van der Waals surface area contributed by atoms with E-state index in [9.17, 15) is 14.0 Å².